The summed E-state index contributed by atoms with van der Waals surface area (Å²) in [6.07, 6.45) is -19.6. The minimum Gasteiger partial charge on any atom is -0.547 e. The van der Waals surface area contributed by atoms with Crippen LogP contribution in [-0.2, 0) is 28.8 Å². The molecule has 2 aromatic carbocycles. The molecule has 0 fully saturated rings. The minimum atomic E-state index is -2.31. The summed E-state index contributed by atoms with van der Waals surface area (Å²) >= 11 is 0. The van der Waals surface area contributed by atoms with Gasteiger partial charge in [0.1, 0.15) is 79.4 Å². The van der Waals surface area contributed by atoms with E-state index in [4.69, 9.17) is 133 Å². The molecule has 0 bridgehead atoms. The van der Waals surface area contributed by atoms with E-state index < -0.39 is 172 Å². The van der Waals surface area contributed by atoms with E-state index in [1.54, 1.807) is 72.8 Å². The summed E-state index contributed by atoms with van der Waals surface area (Å²) < 4.78 is 0. The molecule has 0 unspecified atom stereocenters. The van der Waals surface area contributed by atoms with Crippen LogP contribution in [0.25, 0.3) is 0 Å². The van der Waals surface area contributed by atoms with Crippen molar-refractivity contribution in [2.75, 3.05) is 26.4 Å². The molecule has 38 heteroatoms. The molecule has 0 saturated heterocycles. The number of benzene rings is 2. The summed E-state index contributed by atoms with van der Waals surface area (Å²) in [6, 6.07) is 16.4. The van der Waals surface area contributed by atoms with Crippen LogP contribution >= 0.6 is 0 Å². The standard InChI is InChI=1S/2C7H6O2.4C6H12O7.2C6H8O2.K.Na/c2*8-7(9)6-4-2-1-3-5-6;4*7-1-2(8)3(9)4(10)5(11)6(12)13;2*1-2-3-4-5-6(7)8;;/h2*1-5H,(H,8,9);4*2-5,7-11H,1H2,(H,12,13);2*2-5H,1H3,(H,7,8);;/q;;;;;;;;2*+1/p-2/b;;;;;;2*3-2+,5-4+;;/t;;4*2-,3-,4+,5-;;;;/m..1111..../s1. The third kappa shape index (κ3) is 50.8. The molecule has 0 aliphatic rings. The van der Waals surface area contributed by atoms with Crippen molar-refractivity contribution in [3.63, 3.8) is 0 Å². The number of carbonyl (C=O) groups excluding carboxylic acids is 2. The van der Waals surface area contributed by atoms with Gasteiger partial charge in [0.15, 0.2) is 18.3 Å². The molecular formula is C50H74KNaO36. The average Bonchev–Trinajstić information content (AvgIpc) is 3.49. The fraction of sp³-hybridized carbons (Fsp3) is 0.440. The normalized spacial score (nSPS) is 15.9. The van der Waals surface area contributed by atoms with Crippen LogP contribution in [0.3, 0.4) is 0 Å². The molecule has 16 atom stereocenters. The molecule has 88 heavy (non-hydrogen) atoms. The predicted octanol–water partition coefficient (Wildman–Crippen LogP) is -17.5. The third-order valence-electron chi connectivity index (χ3n) is 9.13. The van der Waals surface area contributed by atoms with E-state index in [2.05, 4.69) is 0 Å². The van der Waals surface area contributed by atoms with Crippen LogP contribution in [-0.4, -0.2) is 305 Å². The van der Waals surface area contributed by atoms with E-state index in [1.165, 1.54) is 24.3 Å². The van der Waals surface area contributed by atoms with Gasteiger partial charge < -0.3 is 153 Å². The van der Waals surface area contributed by atoms with E-state index in [9.17, 15) is 48.6 Å². The Morgan fingerprint density at radius 2 is 0.602 bits per heavy atom. The summed E-state index contributed by atoms with van der Waals surface area (Å²) in [5, 5.41) is 243. The molecule has 0 amide bonds. The van der Waals surface area contributed by atoms with Crippen molar-refractivity contribution in [1.82, 2.24) is 0 Å². The maximum Gasteiger partial charge on any atom is 1.00 e. The second kappa shape index (κ2) is 59.6. The van der Waals surface area contributed by atoms with Gasteiger partial charge in [0, 0.05) is 12.2 Å². The van der Waals surface area contributed by atoms with Crippen molar-refractivity contribution in [3.8, 4) is 0 Å². The van der Waals surface area contributed by atoms with Crippen molar-refractivity contribution in [3.05, 3.63) is 120 Å². The summed E-state index contributed by atoms with van der Waals surface area (Å²) in [4.78, 5) is 80.0. The monoisotopic (exact) mass is 1310 g/mol. The summed E-state index contributed by atoms with van der Waals surface area (Å²) in [5.74, 6) is -11.0. The second-order valence-electron chi connectivity index (χ2n) is 15.8. The molecular weight excluding hydrogens is 1240 g/mol. The largest absolute Gasteiger partial charge is 1.00 e. The van der Waals surface area contributed by atoms with Gasteiger partial charge in [0.05, 0.1) is 43.9 Å². The Labute approximate surface area is 564 Å². The van der Waals surface area contributed by atoms with E-state index in [0.29, 0.717) is 5.56 Å². The first-order chi connectivity index (χ1) is 39.8. The Balaban J connectivity index is -0.000000139. The smallest absolute Gasteiger partial charge is 0.547 e. The molecule has 26 N–H and O–H groups in total. The van der Waals surface area contributed by atoms with Gasteiger partial charge in [-0.3, -0.25) is 0 Å². The molecule has 0 heterocycles. The Hall–Kier alpha value is -5.00. The Kier molecular flexibility index (Phi) is 67.2. The first-order valence-corrected chi connectivity index (χ1v) is 23.6. The van der Waals surface area contributed by atoms with Crippen molar-refractivity contribution in [2.45, 2.75) is 112 Å². The van der Waals surface area contributed by atoms with Crippen LogP contribution in [0.15, 0.2) is 109 Å². The maximum absolute atomic E-state index is 10.2. The number of aliphatic carboxylic acids is 6. The van der Waals surface area contributed by atoms with E-state index in [0.717, 1.165) is 12.2 Å². The quantitative estimate of drug-likeness (QED) is 0.0236. The third-order valence-corrected chi connectivity index (χ3v) is 9.13. The Bertz CT molecular complexity index is 2060. The van der Waals surface area contributed by atoms with Crippen LogP contribution < -0.4 is 91.2 Å². The van der Waals surface area contributed by atoms with E-state index in [-0.39, 0.29) is 86.5 Å². The maximum atomic E-state index is 10.2. The predicted molar refractivity (Wildman–Crippen MR) is 280 cm³/mol. The molecule has 0 aromatic heterocycles. The van der Waals surface area contributed by atoms with Crippen molar-refractivity contribution in [1.29, 1.82) is 0 Å². The van der Waals surface area contributed by atoms with Crippen LogP contribution in [0, 0.1) is 0 Å². The van der Waals surface area contributed by atoms with Gasteiger partial charge in [0.25, 0.3) is 0 Å². The zero-order chi connectivity index (χ0) is 68.6. The molecule has 2 rings (SSSR count). The zero-order valence-electron chi connectivity index (χ0n) is 47.2. The van der Waals surface area contributed by atoms with Gasteiger partial charge in [-0.2, -0.15) is 0 Å². The minimum absolute atomic E-state index is 0. The number of hydrogen-bond donors (Lipinski definition) is 26. The average molecular weight is 1310 g/mol. The van der Waals surface area contributed by atoms with Crippen LogP contribution in [0.5, 0.6) is 0 Å². The molecule has 36 nitrogen and oxygen atoms in total. The van der Waals surface area contributed by atoms with Gasteiger partial charge in [0.2, 0.25) is 0 Å². The number of aliphatic hydroxyl groups excluding tert-OH is 20. The first kappa shape index (κ1) is 99.2. The van der Waals surface area contributed by atoms with Gasteiger partial charge in [-0.15, -0.1) is 0 Å². The number of rotatable bonds is 26. The van der Waals surface area contributed by atoms with Crippen LogP contribution in [0.1, 0.15) is 34.6 Å². The Morgan fingerprint density at radius 1 is 0.375 bits per heavy atom. The molecule has 0 aliphatic carbocycles. The van der Waals surface area contributed by atoms with Crippen molar-refractivity contribution in [2.24, 2.45) is 0 Å². The van der Waals surface area contributed by atoms with Crippen molar-refractivity contribution < 1.29 is 262 Å². The number of carbonyl (C=O) groups is 8. The van der Waals surface area contributed by atoms with Gasteiger partial charge in [-0.05, 0) is 31.5 Å². The Morgan fingerprint density at radius 3 is 0.750 bits per heavy atom. The number of aromatic carboxylic acids is 2. The van der Waals surface area contributed by atoms with Gasteiger partial charge in [-0.1, -0.05) is 85.0 Å². The van der Waals surface area contributed by atoms with Crippen LogP contribution in [0.2, 0.25) is 0 Å². The van der Waals surface area contributed by atoms with E-state index in [1.807, 2.05) is 13.8 Å². The molecule has 0 saturated carbocycles. The number of hydrogen-bond acceptors (Lipinski definition) is 30. The first-order valence-electron chi connectivity index (χ1n) is 23.6. The summed E-state index contributed by atoms with van der Waals surface area (Å²) in [7, 11) is 0. The van der Waals surface area contributed by atoms with Gasteiger partial charge in [-0.25, -0.2) is 28.8 Å². The topological polar surface area (TPSA) is 709 Å². The zero-order valence-corrected chi connectivity index (χ0v) is 52.3. The van der Waals surface area contributed by atoms with Crippen molar-refractivity contribution >= 4 is 47.8 Å². The number of allylic oxidation sites excluding steroid dienone is 6. The fourth-order valence-corrected chi connectivity index (χ4v) is 4.32. The fourth-order valence-electron chi connectivity index (χ4n) is 4.32. The summed E-state index contributed by atoms with van der Waals surface area (Å²) in [6.45, 7) is 0.260. The molecule has 0 radical (unpaired) electrons. The number of carboxylic acids is 8. The SMILES string of the molecule is C/C=C/C=C/C(=O)O.C/C=C/C=C/C(=O)O.O=C(O)[C@H](O)[C@@H](O)[C@H](O)[C@H](O)CO.O=C(O)[C@H](O)[C@@H](O)[C@H](O)[C@H](O)CO.O=C(O)[C@H](O)[C@@H](O)[C@H](O)[C@H](O)CO.O=C(O)c1ccccc1.O=C([O-])[C@H](O)[C@@H](O)[C@H](O)[C@H](O)CO.O=C([O-])c1ccccc1.[K+].[Na+]. The second-order valence-corrected chi connectivity index (χ2v) is 15.8. The number of aliphatic hydroxyl groups is 20. The summed E-state index contributed by atoms with van der Waals surface area (Å²) in [5.41, 5.74) is 0.551. The van der Waals surface area contributed by atoms with Gasteiger partial charge >= 0.3 is 117 Å². The molecule has 492 valence electrons. The number of carboxylic acid groups (broad SMARTS) is 8. The molecule has 2 aromatic rings. The van der Waals surface area contributed by atoms with E-state index >= 15 is 0 Å². The van der Waals surface area contributed by atoms with Crippen LogP contribution in [0.4, 0.5) is 0 Å². The molecule has 0 aliphatic heterocycles. The molecule has 0 spiro atoms.